The number of aromatic carboxylic acids is 1. The summed E-state index contributed by atoms with van der Waals surface area (Å²) in [5.74, 6) is -0.135. The van der Waals surface area contributed by atoms with E-state index >= 15 is 0 Å². The maximum atomic E-state index is 11.1. The highest BCUT2D eigenvalue weighted by Crippen LogP contribution is 2.39. The molecule has 0 bridgehead atoms. The predicted molar refractivity (Wildman–Crippen MR) is 75.1 cm³/mol. The maximum absolute atomic E-state index is 11.1. The number of benzene rings is 1. The lowest BCUT2D eigenvalue weighted by atomic mass is 10.2. The van der Waals surface area contributed by atoms with Crippen LogP contribution >= 0.6 is 0 Å². The summed E-state index contributed by atoms with van der Waals surface area (Å²) in [5, 5.41) is 9.06. The Balaban J connectivity index is 2.31. The SMILES string of the molecule is COc1cc(C(=O)O)cc(OC)c1OCc1ccccn1. The second-order valence-electron chi connectivity index (χ2n) is 4.12. The van der Waals surface area contributed by atoms with Crippen LogP contribution in [0.3, 0.4) is 0 Å². The van der Waals surface area contributed by atoms with E-state index in [0.717, 1.165) is 5.69 Å². The highest BCUT2D eigenvalue weighted by Gasteiger charge is 2.17. The molecule has 110 valence electrons. The van der Waals surface area contributed by atoms with Gasteiger partial charge in [0.05, 0.1) is 25.5 Å². The molecule has 1 aromatic carbocycles. The Morgan fingerprint density at radius 1 is 1.19 bits per heavy atom. The fourth-order valence-corrected chi connectivity index (χ4v) is 1.78. The standard InChI is InChI=1S/C15H15NO5/c1-19-12-7-10(15(17)18)8-13(20-2)14(12)21-9-11-5-3-4-6-16-11/h3-8H,9H2,1-2H3,(H,17,18). The Morgan fingerprint density at radius 3 is 2.33 bits per heavy atom. The molecule has 0 aliphatic carbocycles. The Bertz CT molecular complexity index is 602. The zero-order chi connectivity index (χ0) is 15.2. The van der Waals surface area contributed by atoms with Crippen LogP contribution in [0.2, 0.25) is 0 Å². The van der Waals surface area contributed by atoms with Gasteiger partial charge in [0, 0.05) is 6.20 Å². The van der Waals surface area contributed by atoms with E-state index in [-0.39, 0.29) is 12.2 Å². The van der Waals surface area contributed by atoms with Gasteiger partial charge in [0.15, 0.2) is 11.5 Å². The lowest BCUT2D eigenvalue weighted by molar-refractivity contribution is 0.0696. The Kier molecular flexibility index (Phi) is 4.61. The minimum absolute atomic E-state index is 0.0638. The van der Waals surface area contributed by atoms with Gasteiger partial charge in [0.25, 0.3) is 0 Å². The monoisotopic (exact) mass is 289 g/mol. The van der Waals surface area contributed by atoms with Gasteiger partial charge >= 0.3 is 5.97 Å². The van der Waals surface area contributed by atoms with Crippen LogP contribution in [0.5, 0.6) is 17.2 Å². The highest BCUT2D eigenvalue weighted by atomic mass is 16.5. The van der Waals surface area contributed by atoms with Crippen molar-refractivity contribution >= 4 is 5.97 Å². The highest BCUT2D eigenvalue weighted by molar-refractivity contribution is 5.89. The molecule has 1 heterocycles. The molecule has 2 aromatic rings. The van der Waals surface area contributed by atoms with E-state index < -0.39 is 5.97 Å². The summed E-state index contributed by atoms with van der Waals surface area (Å²) in [5.41, 5.74) is 0.804. The molecule has 0 saturated heterocycles. The van der Waals surface area contributed by atoms with E-state index in [1.165, 1.54) is 26.4 Å². The van der Waals surface area contributed by atoms with Crippen LogP contribution in [0.15, 0.2) is 36.5 Å². The molecule has 21 heavy (non-hydrogen) atoms. The van der Waals surface area contributed by atoms with Gasteiger partial charge in [-0.1, -0.05) is 6.07 Å². The van der Waals surface area contributed by atoms with Crippen LogP contribution in [0.4, 0.5) is 0 Å². The fraction of sp³-hybridized carbons (Fsp3) is 0.200. The summed E-state index contributed by atoms with van der Waals surface area (Å²) in [6.07, 6.45) is 1.67. The van der Waals surface area contributed by atoms with Crippen molar-refractivity contribution in [2.75, 3.05) is 14.2 Å². The number of methoxy groups -OCH3 is 2. The van der Waals surface area contributed by atoms with Crippen molar-refractivity contribution in [3.05, 3.63) is 47.8 Å². The van der Waals surface area contributed by atoms with Gasteiger partial charge in [-0.05, 0) is 24.3 Å². The molecular formula is C15H15NO5. The summed E-state index contributed by atoms with van der Waals surface area (Å²) in [4.78, 5) is 15.2. The van der Waals surface area contributed by atoms with Crippen LogP contribution in [-0.4, -0.2) is 30.3 Å². The molecule has 0 fully saturated rings. The molecule has 1 N–H and O–H groups in total. The number of carboxylic acids is 1. The third kappa shape index (κ3) is 3.42. The second kappa shape index (κ2) is 6.60. The molecule has 6 heteroatoms. The third-order valence-corrected chi connectivity index (χ3v) is 2.80. The zero-order valence-corrected chi connectivity index (χ0v) is 11.7. The van der Waals surface area contributed by atoms with Gasteiger partial charge in [-0.15, -0.1) is 0 Å². The van der Waals surface area contributed by atoms with E-state index in [1.807, 2.05) is 18.2 Å². The Labute approximate surface area is 121 Å². The molecule has 0 spiro atoms. The first-order valence-corrected chi connectivity index (χ1v) is 6.17. The van der Waals surface area contributed by atoms with Crippen LogP contribution in [0.1, 0.15) is 16.1 Å². The van der Waals surface area contributed by atoms with Gasteiger partial charge in [-0.3, -0.25) is 4.98 Å². The van der Waals surface area contributed by atoms with Crippen molar-refractivity contribution in [1.82, 2.24) is 4.98 Å². The topological polar surface area (TPSA) is 77.9 Å². The Morgan fingerprint density at radius 2 is 1.86 bits per heavy atom. The number of ether oxygens (including phenoxy) is 3. The summed E-state index contributed by atoms with van der Waals surface area (Å²) in [6, 6.07) is 8.27. The van der Waals surface area contributed by atoms with Gasteiger partial charge in [-0.25, -0.2) is 4.79 Å². The average molecular weight is 289 g/mol. The van der Waals surface area contributed by atoms with Crippen molar-refractivity contribution in [2.24, 2.45) is 0 Å². The second-order valence-corrected chi connectivity index (χ2v) is 4.12. The summed E-state index contributed by atoms with van der Waals surface area (Å²) in [6.45, 7) is 0.222. The first-order chi connectivity index (χ1) is 10.2. The van der Waals surface area contributed by atoms with Gasteiger partial charge in [-0.2, -0.15) is 0 Å². The van der Waals surface area contributed by atoms with Crippen LogP contribution in [-0.2, 0) is 6.61 Å². The van der Waals surface area contributed by atoms with Crippen molar-refractivity contribution in [1.29, 1.82) is 0 Å². The molecule has 0 saturated carbocycles. The molecule has 0 aliphatic rings. The van der Waals surface area contributed by atoms with E-state index in [9.17, 15) is 4.79 Å². The first-order valence-electron chi connectivity index (χ1n) is 6.17. The molecule has 1 aromatic heterocycles. The molecule has 0 aliphatic heterocycles. The fourth-order valence-electron chi connectivity index (χ4n) is 1.78. The van der Waals surface area contributed by atoms with Crippen LogP contribution in [0.25, 0.3) is 0 Å². The van der Waals surface area contributed by atoms with Crippen molar-refractivity contribution < 1.29 is 24.1 Å². The molecule has 0 unspecified atom stereocenters. The maximum Gasteiger partial charge on any atom is 0.335 e. The minimum atomic E-state index is -1.07. The number of pyridine rings is 1. The summed E-state index contributed by atoms with van der Waals surface area (Å²) < 4.78 is 16.0. The van der Waals surface area contributed by atoms with Gasteiger partial charge < -0.3 is 19.3 Å². The molecular weight excluding hydrogens is 274 g/mol. The van der Waals surface area contributed by atoms with Crippen molar-refractivity contribution in [3.63, 3.8) is 0 Å². The minimum Gasteiger partial charge on any atom is -0.493 e. The lowest BCUT2D eigenvalue weighted by Gasteiger charge is -2.15. The molecule has 2 rings (SSSR count). The number of aromatic nitrogens is 1. The van der Waals surface area contributed by atoms with Crippen molar-refractivity contribution in [3.8, 4) is 17.2 Å². The molecule has 6 nitrogen and oxygen atoms in total. The number of hydrogen-bond acceptors (Lipinski definition) is 5. The molecule has 0 radical (unpaired) electrons. The zero-order valence-electron chi connectivity index (χ0n) is 11.7. The van der Waals surface area contributed by atoms with Crippen molar-refractivity contribution in [2.45, 2.75) is 6.61 Å². The number of nitrogens with zero attached hydrogens (tertiary/aromatic N) is 1. The first kappa shape index (κ1) is 14.6. The summed E-state index contributed by atoms with van der Waals surface area (Å²) in [7, 11) is 2.88. The predicted octanol–water partition coefficient (Wildman–Crippen LogP) is 2.38. The normalized spacial score (nSPS) is 10.0. The lowest BCUT2D eigenvalue weighted by Crippen LogP contribution is -2.04. The third-order valence-electron chi connectivity index (χ3n) is 2.80. The smallest absolute Gasteiger partial charge is 0.335 e. The number of hydrogen-bond donors (Lipinski definition) is 1. The largest absolute Gasteiger partial charge is 0.493 e. The number of rotatable bonds is 6. The van der Waals surface area contributed by atoms with E-state index in [0.29, 0.717) is 17.2 Å². The quantitative estimate of drug-likeness (QED) is 0.879. The number of carboxylic acid groups (broad SMARTS) is 1. The van der Waals surface area contributed by atoms with Gasteiger partial charge in [0.1, 0.15) is 6.61 Å². The average Bonchev–Trinajstić information content (AvgIpc) is 2.52. The van der Waals surface area contributed by atoms with Crippen LogP contribution in [0, 0.1) is 0 Å². The van der Waals surface area contributed by atoms with E-state index in [1.54, 1.807) is 6.20 Å². The van der Waals surface area contributed by atoms with Gasteiger partial charge in [0.2, 0.25) is 5.75 Å². The van der Waals surface area contributed by atoms with E-state index in [2.05, 4.69) is 4.98 Å². The van der Waals surface area contributed by atoms with Crippen LogP contribution < -0.4 is 14.2 Å². The van der Waals surface area contributed by atoms with E-state index in [4.69, 9.17) is 19.3 Å². The summed E-state index contributed by atoms with van der Waals surface area (Å²) >= 11 is 0. The Hall–Kier alpha value is -2.76. The molecule has 0 amide bonds. The number of carbonyl (C=O) groups is 1. The molecule has 0 atom stereocenters.